The monoisotopic (exact) mass is 297 g/mol. The number of carboxylic acids is 1. The molecule has 0 amide bonds. The van der Waals surface area contributed by atoms with E-state index in [-0.39, 0.29) is 24.4 Å². The predicted octanol–water partition coefficient (Wildman–Crippen LogP) is 1.50. The van der Waals surface area contributed by atoms with Crippen LogP contribution in [0.5, 0.6) is 0 Å². The SMILES string of the molecule is CC(C)C(OC(=O)n1cnc(C[C@H](N)C(=O)O)c1)C(C)C. The molecular formula is C14H23N3O4. The van der Waals surface area contributed by atoms with E-state index in [1.54, 1.807) is 0 Å². The van der Waals surface area contributed by atoms with Crippen molar-refractivity contribution in [3.05, 3.63) is 18.2 Å². The Hall–Kier alpha value is -1.89. The zero-order valence-corrected chi connectivity index (χ0v) is 12.8. The summed E-state index contributed by atoms with van der Waals surface area (Å²) in [5.74, 6) is -0.693. The van der Waals surface area contributed by atoms with Crippen molar-refractivity contribution in [1.82, 2.24) is 9.55 Å². The van der Waals surface area contributed by atoms with Gasteiger partial charge in [0.2, 0.25) is 0 Å². The zero-order chi connectivity index (χ0) is 16.2. The van der Waals surface area contributed by atoms with Crippen LogP contribution in [0.2, 0.25) is 0 Å². The van der Waals surface area contributed by atoms with Gasteiger partial charge in [0.1, 0.15) is 18.5 Å². The van der Waals surface area contributed by atoms with Gasteiger partial charge in [0.15, 0.2) is 0 Å². The van der Waals surface area contributed by atoms with E-state index in [0.717, 1.165) is 0 Å². The number of aliphatic carboxylic acids is 1. The Kier molecular flexibility index (Phi) is 5.90. The van der Waals surface area contributed by atoms with Crippen LogP contribution in [0.15, 0.2) is 12.5 Å². The van der Waals surface area contributed by atoms with Crippen LogP contribution in [0.25, 0.3) is 0 Å². The Labute approximate surface area is 124 Å². The van der Waals surface area contributed by atoms with E-state index in [0.29, 0.717) is 5.69 Å². The van der Waals surface area contributed by atoms with Gasteiger partial charge in [-0.1, -0.05) is 27.7 Å². The van der Waals surface area contributed by atoms with Gasteiger partial charge in [0.25, 0.3) is 0 Å². The van der Waals surface area contributed by atoms with E-state index < -0.39 is 18.1 Å². The topological polar surface area (TPSA) is 107 Å². The fraction of sp³-hybridized carbons (Fsp3) is 0.643. The van der Waals surface area contributed by atoms with E-state index in [1.165, 1.54) is 17.1 Å². The third-order valence-electron chi connectivity index (χ3n) is 3.14. The largest absolute Gasteiger partial charge is 0.480 e. The van der Waals surface area contributed by atoms with Crippen molar-refractivity contribution in [2.75, 3.05) is 0 Å². The number of carbonyl (C=O) groups excluding carboxylic acids is 1. The molecule has 1 aromatic rings. The first-order valence-corrected chi connectivity index (χ1v) is 6.94. The smallest absolute Gasteiger partial charge is 0.419 e. The number of nitrogens with zero attached hydrogens (tertiary/aromatic N) is 2. The van der Waals surface area contributed by atoms with Crippen LogP contribution in [0.1, 0.15) is 33.4 Å². The lowest BCUT2D eigenvalue weighted by Crippen LogP contribution is -2.32. The molecule has 0 fully saturated rings. The van der Waals surface area contributed by atoms with Gasteiger partial charge in [-0.05, 0) is 11.8 Å². The molecule has 3 N–H and O–H groups in total. The molecule has 7 heteroatoms. The van der Waals surface area contributed by atoms with Crippen molar-refractivity contribution in [3.63, 3.8) is 0 Å². The highest BCUT2D eigenvalue weighted by molar-refractivity contribution is 5.73. The lowest BCUT2D eigenvalue weighted by molar-refractivity contribution is -0.138. The summed E-state index contributed by atoms with van der Waals surface area (Å²) in [5, 5.41) is 8.75. The Morgan fingerprint density at radius 1 is 1.33 bits per heavy atom. The highest BCUT2D eigenvalue weighted by Crippen LogP contribution is 2.17. The Morgan fingerprint density at radius 3 is 2.38 bits per heavy atom. The Morgan fingerprint density at radius 2 is 1.90 bits per heavy atom. The fourth-order valence-corrected chi connectivity index (χ4v) is 2.10. The van der Waals surface area contributed by atoms with Crippen LogP contribution < -0.4 is 5.73 Å². The molecule has 7 nitrogen and oxygen atoms in total. The second-order valence-electron chi connectivity index (χ2n) is 5.76. The van der Waals surface area contributed by atoms with Gasteiger partial charge >= 0.3 is 12.1 Å². The normalized spacial score (nSPS) is 13.0. The molecule has 0 aliphatic heterocycles. The lowest BCUT2D eigenvalue weighted by Gasteiger charge is -2.24. The molecule has 21 heavy (non-hydrogen) atoms. The zero-order valence-electron chi connectivity index (χ0n) is 12.8. The maximum Gasteiger partial charge on any atom is 0.419 e. The van der Waals surface area contributed by atoms with Crippen molar-refractivity contribution >= 4 is 12.1 Å². The van der Waals surface area contributed by atoms with Gasteiger partial charge in [-0.25, -0.2) is 14.3 Å². The van der Waals surface area contributed by atoms with Crippen molar-refractivity contribution in [2.45, 2.75) is 46.3 Å². The maximum atomic E-state index is 12.1. The fourth-order valence-electron chi connectivity index (χ4n) is 2.10. The number of nitrogens with two attached hydrogens (primary N) is 1. The molecule has 0 radical (unpaired) electrons. The van der Waals surface area contributed by atoms with Crippen LogP contribution in [-0.2, 0) is 16.0 Å². The van der Waals surface area contributed by atoms with Crippen molar-refractivity contribution in [1.29, 1.82) is 0 Å². The van der Waals surface area contributed by atoms with Crippen LogP contribution in [0.3, 0.4) is 0 Å². The number of carboxylic acid groups (broad SMARTS) is 1. The van der Waals surface area contributed by atoms with E-state index >= 15 is 0 Å². The minimum atomic E-state index is -1.10. The first kappa shape index (κ1) is 17.2. The summed E-state index contributed by atoms with van der Waals surface area (Å²) in [6.07, 6.45) is 2.11. The molecule has 0 unspecified atom stereocenters. The molecule has 0 spiro atoms. The minimum absolute atomic E-state index is 0.0629. The molecule has 1 atom stereocenters. The van der Waals surface area contributed by atoms with Crippen molar-refractivity contribution < 1.29 is 19.4 Å². The number of aromatic nitrogens is 2. The number of rotatable bonds is 6. The van der Waals surface area contributed by atoms with E-state index in [9.17, 15) is 9.59 Å². The van der Waals surface area contributed by atoms with E-state index in [1.807, 2.05) is 27.7 Å². The molecule has 1 heterocycles. The average molecular weight is 297 g/mol. The highest BCUT2D eigenvalue weighted by Gasteiger charge is 2.23. The summed E-state index contributed by atoms with van der Waals surface area (Å²) in [6, 6.07) is -1.04. The van der Waals surface area contributed by atoms with Gasteiger partial charge in [-0.2, -0.15) is 0 Å². The lowest BCUT2D eigenvalue weighted by atomic mass is 9.96. The number of hydrogen-bond acceptors (Lipinski definition) is 5. The van der Waals surface area contributed by atoms with Crippen LogP contribution in [0.4, 0.5) is 4.79 Å². The molecule has 118 valence electrons. The Bertz CT molecular complexity index is 488. The van der Waals surface area contributed by atoms with Gasteiger partial charge in [0, 0.05) is 12.6 Å². The molecule has 0 aliphatic rings. The Balaban J connectivity index is 2.71. The first-order valence-electron chi connectivity index (χ1n) is 6.94. The van der Waals surface area contributed by atoms with Gasteiger partial charge in [0.05, 0.1) is 5.69 Å². The summed E-state index contributed by atoms with van der Waals surface area (Å²) in [7, 11) is 0. The third kappa shape index (κ3) is 4.86. The molecule has 0 aromatic carbocycles. The standard InChI is InChI=1S/C14H23N3O4/c1-8(2)12(9(3)4)21-14(20)17-6-10(16-7-17)5-11(15)13(18)19/h6-9,11-12H,5,15H2,1-4H3,(H,18,19)/t11-/m0/s1. The molecule has 1 rings (SSSR count). The second-order valence-corrected chi connectivity index (χ2v) is 5.76. The predicted molar refractivity (Wildman–Crippen MR) is 76.9 cm³/mol. The van der Waals surface area contributed by atoms with E-state index in [2.05, 4.69) is 4.98 Å². The molecule has 0 aliphatic carbocycles. The first-order chi connectivity index (χ1) is 9.72. The number of carbonyl (C=O) groups is 2. The highest BCUT2D eigenvalue weighted by atomic mass is 16.6. The van der Waals surface area contributed by atoms with E-state index in [4.69, 9.17) is 15.6 Å². The van der Waals surface area contributed by atoms with Gasteiger partial charge < -0.3 is 15.6 Å². The summed E-state index contributed by atoms with van der Waals surface area (Å²) >= 11 is 0. The second kappa shape index (κ2) is 7.21. The summed E-state index contributed by atoms with van der Waals surface area (Å²) in [5.41, 5.74) is 5.87. The summed E-state index contributed by atoms with van der Waals surface area (Å²) in [6.45, 7) is 7.96. The number of imidazole rings is 1. The molecule has 1 aromatic heterocycles. The van der Waals surface area contributed by atoms with Gasteiger partial charge in [-0.15, -0.1) is 0 Å². The quantitative estimate of drug-likeness (QED) is 0.824. The average Bonchev–Trinajstić information content (AvgIpc) is 2.83. The van der Waals surface area contributed by atoms with Crippen molar-refractivity contribution in [3.8, 4) is 0 Å². The van der Waals surface area contributed by atoms with Crippen molar-refractivity contribution in [2.24, 2.45) is 17.6 Å². The van der Waals surface area contributed by atoms with Crippen LogP contribution in [-0.4, -0.2) is 38.9 Å². The summed E-state index contributed by atoms with van der Waals surface area (Å²) < 4.78 is 6.67. The van der Waals surface area contributed by atoms with Gasteiger partial charge in [-0.3, -0.25) is 4.79 Å². The molecular weight excluding hydrogens is 274 g/mol. The maximum absolute atomic E-state index is 12.1. The van der Waals surface area contributed by atoms with Crippen LogP contribution >= 0.6 is 0 Å². The van der Waals surface area contributed by atoms with Crippen LogP contribution in [0, 0.1) is 11.8 Å². The number of ether oxygens (including phenoxy) is 1. The third-order valence-corrected chi connectivity index (χ3v) is 3.14. The summed E-state index contributed by atoms with van der Waals surface area (Å²) in [4.78, 5) is 26.7. The molecule has 0 saturated heterocycles. The minimum Gasteiger partial charge on any atom is -0.480 e. The molecule has 0 bridgehead atoms. The molecule has 0 saturated carbocycles. The number of hydrogen-bond donors (Lipinski definition) is 2.